The van der Waals surface area contributed by atoms with Crippen LogP contribution in [-0.2, 0) is 4.79 Å². The van der Waals surface area contributed by atoms with Crippen LogP contribution in [0.3, 0.4) is 0 Å². The Labute approximate surface area is 187 Å². The van der Waals surface area contributed by atoms with Crippen LogP contribution in [0.2, 0.25) is 0 Å². The van der Waals surface area contributed by atoms with Crippen molar-refractivity contribution in [2.75, 3.05) is 19.0 Å². The van der Waals surface area contributed by atoms with E-state index in [2.05, 4.69) is 15.8 Å². The fraction of sp³-hybridized carbons (Fsp3) is 0.160. The summed E-state index contributed by atoms with van der Waals surface area (Å²) >= 11 is 0. The van der Waals surface area contributed by atoms with Gasteiger partial charge in [0.15, 0.2) is 18.1 Å². The Morgan fingerprint density at radius 1 is 0.969 bits per heavy atom. The second kappa shape index (κ2) is 10.8. The quantitative estimate of drug-likeness (QED) is 0.415. The molecule has 32 heavy (non-hydrogen) atoms. The van der Waals surface area contributed by atoms with Gasteiger partial charge in [-0.3, -0.25) is 9.59 Å². The minimum absolute atomic E-state index is 0.162. The van der Waals surface area contributed by atoms with E-state index in [4.69, 9.17) is 9.47 Å². The van der Waals surface area contributed by atoms with Crippen molar-refractivity contribution in [2.45, 2.75) is 13.8 Å². The molecular weight excluding hydrogens is 406 g/mol. The summed E-state index contributed by atoms with van der Waals surface area (Å²) in [6.45, 7) is 3.74. The van der Waals surface area contributed by atoms with Crippen LogP contribution < -0.4 is 20.2 Å². The number of anilines is 1. The first-order valence-corrected chi connectivity index (χ1v) is 10.0. The molecule has 0 fully saturated rings. The molecule has 0 saturated carbocycles. The third-order valence-electron chi connectivity index (χ3n) is 4.63. The lowest BCUT2D eigenvalue weighted by Crippen LogP contribution is -2.21. The van der Waals surface area contributed by atoms with Crippen molar-refractivity contribution in [3.8, 4) is 11.5 Å². The molecule has 0 aliphatic heterocycles. The molecule has 3 aromatic rings. The Bertz CT molecular complexity index is 1130. The van der Waals surface area contributed by atoms with E-state index in [-0.39, 0.29) is 18.4 Å². The highest BCUT2D eigenvalue weighted by molar-refractivity contribution is 5.95. The molecule has 3 aromatic carbocycles. The minimum Gasteiger partial charge on any atom is -0.493 e. The summed E-state index contributed by atoms with van der Waals surface area (Å²) in [7, 11) is 1.51. The summed E-state index contributed by atoms with van der Waals surface area (Å²) in [5.41, 5.74) is 6.49. The Morgan fingerprint density at radius 3 is 2.50 bits per heavy atom. The highest BCUT2D eigenvalue weighted by Crippen LogP contribution is 2.27. The number of hydrazone groups is 1. The van der Waals surface area contributed by atoms with E-state index in [9.17, 15) is 9.59 Å². The van der Waals surface area contributed by atoms with Gasteiger partial charge in [0.2, 0.25) is 0 Å². The van der Waals surface area contributed by atoms with E-state index in [1.807, 2.05) is 38.1 Å². The second-order valence-corrected chi connectivity index (χ2v) is 7.13. The molecule has 0 atom stereocenters. The first-order chi connectivity index (χ1) is 15.5. The molecular formula is C25H25N3O4. The van der Waals surface area contributed by atoms with Gasteiger partial charge in [-0.1, -0.05) is 30.3 Å². The number of aryl methyl sites for hydroxylation is 2. The molecule has 0 spiro atoms. The van der Waals surface area contributed by atoms with Gasteiger partial charge < -0.3 is 14.8 Å². The SMILES string of the molecule is COc1cc(/C=N/NC(=O)c2ccccc2)ccc1OCC(=O)Nc1cc(C)ccc1C. The van der Waals surface area contributed by atoms with Crippen LogP contribution in [0.4, 0.5) is 5.69 Å². The summed E-state index contributed by atoms with van der Waals surface area (Å²) in [4.78, 5) is 24.3. The Hall–Kier alpha value is -4.13. The number of hydrogen-bond acceptors (Lipinski definition) is 5. The van der Waals surface area contributed by atoms with Gasteiger partial charge in [-0.2, -0.15) is 5.10 Å². The zero-order valence-electron chi connectivity index (χ0n) is 18.2. The van der Waals surface area contributed by atoms with Crippen LogP contribution >= 0.6 is 0 Å². The summed E-state index contributed by atoms with van der Waals surface area (Å²) in [5, 5.41) is 6.83. The lowest BCUT2D eigenvalue weighted by molar-refractivity contribution is -0.118. The van der Waals surface area contributed by atoms with Crippen molar-refractivity contribution in [1.82, 2.24) is 5.43 Å². The summed E-state index contributed by atoms with van der Waals surface area (Å²) in [5.74, 6) is 0.301. The number of nitrogens with zero attached hydrogens (tertiary/aromatic N) is 1. The van der Waals surface area contributed by atoms with Crippen molar-refractivity contribution >= 4 is 23.7 Å². The highest BCUT2D eigenvalue weighted by Gasteiger charge is 2.10. The van der Waals surface area contributed by atoms with Crippen LogP contribution in [0, 0.1) is 13.8 Å². The van der Waals surface area contributed by atoms with Crippen LogP contribution in [-0.4, -0.2) is 31.7 Å². The predicted molar refractivity (Wildman–Crippen MR) is 125 cm³/mol. The maximum Gasteiger partial charge on any atom is 0.271 e. The lowest BCUT2D eigenvalue weighted by atomic mass is 10.1. The van der Waals surface area contributed by atoms with Gasteiger partial charge in [-0.05, 0) is 66.9 Å². The number of benzene rings is 3. The molecule has 2 N–H and O–H groups in total. The monoisotopic (exact) mass is 431 g/mol. The molecule has 0 saturated heterocycles. The van der Waals surface area contributed by atoms with Crippen LogP contribution in [0.1, 0.15) is 27.0 Å². The summed E-state index contributed by atoms with van der Waals surface area (Å²) < 4.78 is 11.0. The fourth-order valence-electron chi connectivity index (χ4n) is 2.90. The van der Waals surface area contributed by atoms with Gasteiger partial charge >= 0.3 is 0 Å². The molecule has 7 heteroatoms. The molecule has 0 aliphatic carbocycles. The van der Waals surface area contributed by atoms with Crippen LogP contribution in [0.25, 0.3) is 0 Å². The fourth-order valence-corrected chi connectivity index (χ4v) is 2.90. The zero-order valence-corrected chi connectivity index (χ0v) is 18.2. The number of carbonyl (C=O) groups excluding carboxylic acids is 2. The predicted octanol–water partition coefficient (Wildman–Crippen LogP) is 4.09. The van der Waals surface area contributed by atoms with Gasteiger partial charge in [0.1, 0.15) is 0 Å². The molecule has 0 aromatic heterocycles. The Kier molecular flexibility index (Phi) is 7.59. The van der Waals surface area contributed by atoms with Crippen LogP contribution in [0.5, 0.6) is 11.5 Å². The van der Waals surface area contributed by atoms with E-state index in [1.165, 1.54) is 13.3 Å². The number of ether oxygens (including phenoxy) is 2. The summed E-state index contributed by atoms with van der Waals surface area (Å²) in [6.07, 6.45) is 1.50. The topological polar surface area (TPSA) is 89.0 Å². The van der Waals surface area contributed by atoms with E-state index in [0.29, 0.717) is 22.6 Å². The molecule has 7 nitrogen and oxygen atoms in total. The van der Waals surface area contributed by atoms with E-state index in [1.54, 1.807) is 42.5 Å². The molecule has 0 heterocycles. The first kappa shape index (κ1) is 22.6. The summed E-state index contributed by atoms with van der Waals surface area (Å²) in [6, 6.07) is 19.8. The normalized spacial score (nSPS) is 10.6. The number of nitrogens with one attached hydrogen (secondary N) is 2. The standard InChI is InChI=1S/C25H25N3O4/c1-17-9-10-18(2)21(13-17)27-24(29)16-32-22-12-11-19(14-23(22)31-3)15-26-28-25(30)20-7-5-4-6-8-20/h4-15H,16H2,1-3H3,(H,27,29)(H,28,30)/b26-15+. The molecule has 0 aliphatic rings. The average molecular weight is 431 g/mol. The van der Waals surface area contributed by atoms with Crippen molar-refractivity contribution < 1.29 is 19.1 Å². The molecule has 3 rings (SSSR count). The van der Waals surface area contributed by atoms with E-state index >= 15 is 0 Å². The minimum atomic E-state index is -0.302. The molecule has 164 valence electrons. The maximum absolute atomic E-state index is 12.3. The Balaban J connectivity index is 1.58. The van der Waals surface area contributed by atoms with Gasteiger partial charge in [-0.25, -0.2) is 5.43 Å². The number of rotatable bonds is 8. The van der Waals surface area contributed by atoms with Crippen molar-refractivity contribution in [1.29, 1.82) is 0 Å². The average Bonchev–Trinajstić information content (AvgIpc) is 2.81. The molecule has 0 unspecified atom stereocenters. The van der Waals surface area contributed by atoms with Crippen molar-refractivity contribution in [3.63, 3.8) is 0 Å². The largest absolute Gasteiger partial charge is 0.493 e. The van der Waals surface area contributed by atoms with E-state index in [0.717, 1.165) is 16.8 Å². The van der Waals surface area contributed by atoms with Gasteiger partial charge in [0, 0.05) is 11.3 Å². The zero-order chi connectivity index (χ0) is 22.9. The number of methoxy groups -OCH3 is 1. The Morgan fingerprint density at radius 2 is 1.75 bits per heavy atom. The third-order valence-corrected chi connectivity index (χ3v) is 4.63. The number of hydrogen-bond donors (Lipinski definition) is 2. The lowest BCUT2D eigenvalue weighted by Gasteiger charge is -2.12. The third kappa shape index (κ3) is 6.18. The number of carbonyl (C=O) groups is 2. The van der Waals surface area contributed by atoms with Crippen molar-refractivity contribution in [3.05, 3.63) is 89.0 Å². The van der Waals surface area contributed by atoms with Crippen molar-refractivity contribution in [2.24, 2.45) is 5.10 Å². The number of amides is 2. The molecule has 0 radical (unpaired) electrons. The molecule has 0 bridgehead atoms. The maximum atomic E-state index is 12.3. The first-order valence-electron chi connectivity index (χ1n) is 10.0. The van der Waals surface area contributed by atoms with Crippen LogP contribution in [0.15, 0.2) is 71.8 Å². The second-order valence-electron chi connectivity index (χ2n) is 7.13. The van der Waals surface area contributed by atoms with Gasteiger partial charge in [-0.15, -0.1) is 0 Å². The van der Waals surface area contributed by atoms with Gasteiger partial charge in [0.25, 0.3) is 11.8 Å². The van der Waals surface area contributed by atoms with Gasteiger partial charge in [0.05, 0.1) is 13.3 Å². The van der Waals surface area contributed by atoms with E-state index < -0.39 is 0 Å². The molecule has 2 amide bonds. The highest BCUT2D eigenvalue weighted by atomic mass is 16.5. The smallest absolute Gasteiger partial charge is 0.271 e.